The average molecular weight is 368 g/mol. The highest BCUT2D eigenvalue weighted by Crippen LogP contribution is 2.27. The number of nitrogens with zero attached hydrogens (tertiary/aromatic N) is 2. The third-order valence-electron chi connectivity index (χ3n) is 4.31. The Kier molecular flexibility index (Phi) is 5.96. The van der Waals surface area contributed by atoms with Crippen molar-refractivity contribution in [1.29, 1.82) is 0 Å². The van der Waals surface area contributed by atoms with Crippen molar-refractivity contribution in [2.75, 3.05) is 39.3 Å². The standard InChI is InChI=1S/C14H19F2N3O2S.ClH/c15-12-2-1-3-13(16)14(12)22(20,21)19-7-4-11(10-19)18-8-5-17-6-9-18;/h1-3,11,17H,4-10H2;1H. The fourth-order valence-corrected chi connectivity index (χ4v) is 4.73. The Morgan fingerprint density at radius 2 is 1.70 bits per heavy atom. The smallest absolute Gasteiger partial charge is 0.248 e. The molecule has 23 heavy (non-hydrogen) atoms. The van der Waals surface area contributed by atoms with E-state index >= 15 is 0 Å². The molecule has 1 aromatic rings. The highest BCUT2D eigenvalue weighted by molar-refractivity contribution is 7.89. The summed E-state index contributed by atoms with van der Waals surface area (Å²) in [4.78, 5) is 1.40. The third-order valence-corrected chi connectivity index (χ3v) is 6.23. The molecule has 0 spiro atoms. The van der Waals surface area contributed by atoms with E-state index in [9.17, 15) is 17.2 Å². The van der Waals surface area contributed by atoms with Gasteiger partial charge in [-0.25, -0.2) is 17.2 Å². The van der Waals surface area contributed by atoms with Gasteiger partial charge in [0.05, 0.1) is 0 Å². The molecule has 0 aromatic heterocycles. The van der Waals surface area contributed by atoms with E-state index in [4.69, 9.17) is 0 Å². The number of nitrogens with one attached hydrogen (secondary N) is 1. The van der Waals surface area contributed by atoms with Gasteiger partial charge >= 0.3 is 0 Å². The minimum atomic E-state index is -4.13. The summed E-state index contributed by atoms with van der Waals surface area (Å²) >= 11 is 0. The van der Waals surface area contributed by atoms with Gasteiger partial charge in [0.1, 0.15) is 11.6 Å². The second-order valence-electron chi connectivity index (χ2n) is 5.64. The Balaban J connectivity index is 0.00000192. The number of hydrogen-bond donors (Lipinski definition) is 1. The van der Waals surface area contributed by atoms with Crippen molar-refractivity contribution < 1.29 is 17.2 Å². The van der Waals surface area contributed by atoms with Crippen LogP contribution in [0.4, 0.5) is 8.78 Å². The van der Waals surface area contributed by atoms with Crippen LogP contribution >= 0.6 is 12.4 Å². The second-order valence-corrected chi connectivity index (χ2v) is 7.52. The molecule has 9 heteroatoms. The Bertz CT molecular complexity index is 633. The van der Waals surface area contributed by atoms with E-state index in [1.807, 2.05) is 0 Å². The van der Waals surface area contributed by atoms with Gasteiger partial charge in [-0.15, -0.1) is 12.4 Å². The lowest BCUT2D eigenvalue weighted by molar-refractivity contribution is 0.179. The fourth-order valence-electron chi connectivity index (χ4n) is 3.13. The van der Waals surface area contributed by atoms with Crippen molar-refractivity contribution in [1.82, 2.24) is 14.5 Å². The van der Waals surface area contributed by atoms with Crippen molar-refractivity contribution in [3.05, 3.63) is 29.8 Å². The summed E-state index contributed by atoms with van der Waals surface area (Å²) < 4.78 is 53.8. The van der Waals surface area contributed by atoms with Crippen LogP contribution in [0.25, 0.3) is 0 Å². The molecule has 2 saturated heterocycles. The predicted molar refractivity (Wildman–Crippen MR) is 85.2 cm³/mol. The number of sulfonamides is 1. The molecule has 2 aliphatic heterocycles. The molecule has 0 radical (unpaired) electrons. The third kappa shape index (κ3) is 3.66. The van der Waals surface area contributed by atoms with Crippen LogP contribution in [0.1, 0.15) is 6.42 Å². The lowest BCUT2D eigenvalue weighted by atomic mass is 10.2. The Hall–Kier alpha value is -0.800. The fraction of sp³-hybridized carbons (Fsp3) is 0.571. The van der Waals surface area contributed by atoms with E-state index in [0.29, 0.717) is 13.0 Å². The second kappa shape index (κ2) is 7.40. The highest BCUT2D eigenvalue weighted by atomic mass is 35.5. The number of piperazine rings is 1. The number of rotatable bonds is 3. The summed E-state index contributed by atoms with van der Waals surface area (Å²) in [5.74, 6) is -2.07. The molecular formula is C14H20ClF2N3O2S. The maximum atomic E-state index is 13.8. The van der Waals surface area contributed by atoms with E-state index in [-0.39, 0.29) is 25.0 Å². The number of benzene rings is 1. The summed E-state index contributed by atoms with van der Waals surface area (Å²) in [5, 5.41) is 3.25. The van der Waals surface area contributed by atoms with Gasteiger partial charge in [0.2, 0.25) is 10.0 Å². The molecule has 0 aliphatic carbocycles. The van der Waals surface area contributed by atoms with Gasteiger partial charge < -0.3 is 5.32 Å². The molecular weight excluding hydrogens is 348 g/mol. The van der Waals surface area contributed by atoms with Crippen molar-refractivity contribution >= 4 is 22.4 Å². The molecule has 2 fully saturated rings. The molecule has 1 unspecified atom stereocenters. The monoisotopic (exact) mass is 367 g/mol. The SMILES string of the molecule is Cl.O=S(=O)(c1c(F)cccc1F)N1CCC(N2CCNCC2)C1. The summed E-state index contributed by atoms with van der Waals surface area (Å²) in [6.45, 7) is 4.08. The summed E-state index contributed by atoms with van der Waals surface area (Å²) in [6.07, 6.45) is 0.690. The largest absolute Gasteiger partial charge is 0.314 e. The first-order valence-electron chi connectivity index (χ1n) is 7.39. The van der Waals surface area contributed by atoms with Crippen LogP contribution in [0, 0.1) is 11.6 Å². The number of halogens is 3. The zero-order valence-corrected chi connectivity index (χ0v) is 14.2. The number of hydrogen-bond acceptors (Lipinski definition) is 4. The maximum Gasteiger partial charge on any atom is 0.248 e. The molecule has 3 rings (SSSR count). The molecule has 0 saturated carbocycles. The Morgan fingerprint density at radius 3 is 2.30 bits per heavy atom. The zero-order chi connectivity index (χ0) is 15.7. The highest BCUT2D eigenvalue weighted by Gasteiger charge is 2.38. The molecule has 1 aromatic carbocycles. The molecule has 0 amide bonds. The van der Waals surface area contributed by atoms with Crippen LogP contribution in [-0.2, 0) is 10.0 Å². The predicted octanol–water partition coefficient (Wildman–Crippen LogP) is 1.05. The van der Waals surface area contributed by atoms with Gasteiger partial charge in [-0.2, -0.15) is 4.31 Å². The topological polar surface area (TPSA) is 52.7 Å². The quantitative estimate of drug-likeness (QED) is 0.868. The van der Waals surface area contributed by atoms with Gasteiger partial charge in [0.15, 0.2) is 4.90 Å². The van der Waals surface area contributed by atoms with Gasteiger partial charge in [-0.3, -0.25) is 4.90 Å². The van der Waals surface area contributed by atoms with E-state index < -0.39 is 26.6 Å². The molecule has 1 atom stereocenters. The van der Waals surface area contributed by atoms with Crippen LogP contribution in [0.5, 0.6) is 0 Å². The normalized spacial score (nSPS) is 23.7. The van der Waals surface area contributed by atoms with Crippen LogP contribution in [0.2, 0.25) is 0 Å². The lowest BCUT2D eigenvalue weighted by Crippen LogP contribution is -2.49. The first kappa shape index (κ1) is 18.5. The van der Waals surface area contributed by atoms with Crippen molar-refractivity contribution in [3.8, 4) is 0 Å². The molecule has 0 bridgehead atoms. The molecule has 1 N–H and O–H groups in total. The summed E-state index contributed by atoms with van der Waals surface area (Å²) in [7, 11) is -4.13. The van der Waals surface area contributed by atoms with Crippen LogP contribution in [-0.4, -0.2) is 62.9 Å². The zero-order valence-electron chi connectivity index (χ0n) is 12.5. The van der Waals surface area contributed by atoms with Crippen molar-refractivity contribution in [3.63, 3.8) is 0 Å². The maximum absolute atomic E-state index is 13.8. The molecule has 5 nitrogen and oxygen atoms in total. The van der Waals surface area contributed by atoms with Gasteiger partial charge in [0, 0.05) is 45.3 Å². The van der Waals surface area contributed by atoms with E-state index in [1.54, 1.807) is 0 Å². The average Bonchev–Trinajstić information content (AvgIpc) is 2.98. The molecule has 130 valence electrons. The minimum absolute atomic E-state index is 0. The van der Waals surface area contributed by atoms with E-state index in [1.165, 1.54) is 4.31 Å². The van der Waals surface area contributed by atoms with Gasteiger partial charge in [0.25, 0.3) is 0 Å². The first-order valence-corrected chi connectivity index (χ1v) is 8.83. The van der Waals surface area contributed by atoms with Crippen molar-refractivity contribution in [2.45, 2.75) is 17.4 Å². The summed E-state index contributed by atoms with van der Waals surface area (Å²) in [5.41, 5.74) is 0. The molecule has 2 aliphatic rings. The van der Waals surface area contributed by atoms with Crippen LogP contribution in [0.15, 0.2) is 23.1 Å². The molecule has 2 heterocycles. The minimum Gasteiger partial charge on any atom is -0.314 e. The van der Waals surface area contributed by atoms with Gasteiger partial charge in [-0.1, -0.05) is 6.07 Å². The lowest BCUT2D eigenvalue weighted by Gasteiger charge is -2.32. The first-order chi connectivity index (χ1) is 10.5. The Morgan fingerprint density at radius 1 is 1.09 bits per heavy atom. The van der Waals surface area contributed by atoms with Crippen LogP contribution < -0.4 is 5.32 Å². The Labute approximate surface area is 141 Å². The van der Waals surface area contributed by atoms with Crippen molar-refractivity contribution in [2.24, 2.45) is 0 Å². The van der Waals surface area contributed by atoms with E-state index in [0.717, 1.165) is 44.4 Å². The van der Waals surface area contributed by atoms with Gasteiger partial charge in [-0.05, 0) is 18.6 Å². The summed E-state index contributed by atoms with van der Waals surface area (Å²) in [6, 6.07) is 3.23. The van der Waals surface area contributed by atoms with E-state index in [2.05, 4.69) is 10.2 Å². The van der Waals surface area contributed by atoms with Crippen LogP contribution in [0.3, 0.4) is 0 Å².